The SMILES string of the molecule is COC(=O)C1CC2CCC(Cl)CC2C1NC(=O)CN1CCC(c2ccccc2)CC1. The van der Waals surface area contributed by atoms with E-state index in [0.717, 1.165) is 51.6 Å². The zero-order valence-electron chi connectivity index (χ0n) is 17.8. The highest BCUT2D eigenvalue weighted by Crippen LogP contribution is 2.47. The van der Waals surface area contributed by atoms with Gasteiger partial charge in [-0.25, -0.2) is 0 Å². The third kappa shape index (κ3) is 4.83. The van der Waals surface area contributed by atoms with Crippen LogP contribution in [0.3, 0.4) is 0 Å². The Balaban J connectivity index is 1.32. The van der Waals surface area contributed by atoms with Gasteiger partial charge in [0, 0.05) is 11.4 Å². The van der Waals surface area contributed by atoms with Crippen molar-refractivity contribution in [2.75, 3.05) is 26.7 Å². The number of alkyl halides is 1. The summed E-state index contributed by atoms with van der Waals surface area (Å²) in [6.07, 6.45) is 5.84. The molecule has 5 unspecified atom stereocenters. The van der Waals surface area contributed by atoms with Crippen molar-refractivity contribution in [1.29, 1.82) is 0 Å². The van der Waals surface area contributed by atoms with Gasteiger partial charge in [-0.3, -0.25) is 14.5 Å². The van der Waals surface area contributed by atoms with Crippen LogP contribution in [0.1, 0.15) is 50.0 Å². The zero-order chi connectivity index (χ0) is 21.1. The van der Waals surface area contributed by atoms with Gasteiger partial charge in [-0.15, -0.1) is 11.6 Å². The molecule has 1 aliphatic heterocycles. The summed E-state index contributed by atoms with van der Waals surface area (Å²) in [6, 6.07) is 10.5. The number of halogens is 1. The molecular weight excluding hydrogens is 400 g/mol. The molecule has 3 fully saturated rings. The molecule has 1 aromatic carbocycles. The van der Waals surface area contributed by atoms with Crippen molar-refractivity contribution in [2.45, 2.75) is 55.9 Å². The van der Waals surface area contributed by atoms with Gasteiger partial charge in [0.2, 0.25) is 5.91 Å². The molecule has 164 valence electrons. The molecule has 6 heteroatoms. The van der Waals surface area contributed by atoms with Crippen LogP contribution in [-0.4, -0.2) is 54.9 Å². The molecule has 1 heterocycles. The molecule has 5 atom stereocenters. The van der Waals surface area contributed by atoms with Crippen LogP contribution in [0, 0.1) is 17.8 Å². The molecule has 30 heavy (non-hydrogen) atoms. The highest BCUT2D eigenvalue weighted by molar-refractivity contribution is 6.20. The van der Waals surface area contributed by atoms with Crippen LogP contribution in [0.2, 0.25) is 0 Å². The summed E-state index contributed by atoms with van der Waals surface area (Å²) in [7, 11) is 1.43. The average molecular weight is 433 g/mol. The topological polar surface area (TPSA) is 58.6 Å². The number of methoxy groups -OCH3 is 1. The number of ether oxygens (including phenoxy) is 1. The minimum Gasteiger partial charge on any atom is -0.469 e. The minimum atomic E-state index is -0.250. The fraction of sp³-hybridized carbons (Fsp3) is 0.667. The molecule has 0 bridgehead atoms. The lowest BCUT2D eigenvalue weighted by Crippen LogP contribution is -2.49. The molecule has 1 saturated heterocycles. The summed E-state index contributed by atoms with van der Waals surface area (Å²) >= 11 is 6.43. The van der Waals surface area contributed by atoms with Crippen molar-refractivity contribution in [2.24, 2.45) is 17.8 Å². The van der Waals surface area contributed by atoms with Gasteiger partial charge in [-0.05, 0) is 74.9 Å². The van der Waals surface area contributed by atoms with Gasteiger partial charge in [-0.2, -0.15) is 0 Å². The largest absolute Gasteiger partial charge is 0.469 e. The first kappa shape index (κ1) is 21.6. The zero-order valence-corrected chi connectivity index (χ0v) is 18.5. The molecule has 1 N–H and O–H groups in total. The van der Waals surface area contributed by atoms with Crippen LogP contribution in [0.15, 0.2) is 30.3 Å². The maximum absolute atomic E-state index is 12.9. The second-order valence-corrected chi connectivity index (χ2v) is 9.87. The number of amides is 1. The monoisotopic (exact) mass is 432 g/mol. The molecule has 2 aliphatic carbocycles. The van der Waals surface area contributed by atoms with Gasteiger partial charge >= 0.3 is 5.97 Å². The van der Waals surface area contributed by atoms with E-state index in [1.165, 1.54) is 12.7 Å². The lowest BCUT2D eigenvalue weighted by Gasteiger charge is -2.34. The summed E-state index contributed by atoms with van der Waals surface area (Å²) in [5.41, 5.74) is 1.40. The Morgan fingerprint density at radius 1 is 1.10 bits per heavy atom. The van der Waals surface area contributed by atoms with E-state index in [-0.39, 0.29) is 35.1 Å². The Hall–Kier alpha value is -1.59. The van der Waals surface area contributed by atoms with E-state index in [1.54, 1.807) is 0 Å². The van der Waals surface area contributed by atoms with Crippen molar-refractivity contribution >= 4 is 23.5 Å². The van der Waals surface area contributed by atoms with Crippen LogP contribution < -0.4 is 5.32 Å². The number of piperidine rings is 1. The van der Waals surface area contributed by atoms with Crippen LogP contribution >= 0.6 is 11.6 Å². The maximum atomic E-state index is 12.9. The lowest BCUT2D eigenvalue weighted by molar-refractivity contribution is -0.146. The predicted molar refractivity (Wildman–Crippen MR) is 117 cm³/mol. The first-order valence-electron chi connectivity index (χ1n) is 11.3. The van der Waals surface area contributed by atoms with Crippen molar-refractivity contribution in [3.8, 4) is 0 Å². The first-order valence-corrected chi connectivity index (χ1v) is 11.8. The summed E-state index contributed by atoms with van der Waals surface area (Å²) in [4.78, 5) is 27.5. The Morgan fingerprint density at radius 2 is 1.83 bits per heavy atom. The summed E-state index contributed by atoms with van der Waals surface area (Å²) in [5, 5.41) is 3.35. The fourth-order valence-electron chi connectivity index (χ4n) is 5.90. The van der Waals surface area contributed by atoms with Crippen LogP contribution in [0.5, 0.6) is 0 Å². The van der Waals surface area contributed by atoms with Crippen LogP contribution in [0.25, 0.3) is 0 Å². The number of rotatable bonds is 5. The highest BCUT2D eigenvalue weighted by atomic mass is 35.5. The second-order valence-electron chi connectivity index (χ2n) is 9.25. The molecule has 0 aromatic heterocycles. The molecule has 1 aromatic rings. The van der Waals surface area contributed by atoms with Crippen molar-refractivity contribution in [3.63, 3.8) is 0 Å². The Bertz CT molecular complexity index is 735. The maximum Gasteiger partial charge on any atom is 0.310 e. The van der Waals surface area contributed by atoms with Crippen molar-refractivity contribution in [1.82, 2.24) is 10.2 Å². The standard InChI is InChI=1S/C24H33ClN2O3/c1-30-24(29)21-13-18-7-8-19(25)14-20(18)23(21)26-22(28)15-27-11-9-17(10-12-27)16-5-3-2-4-6-16/h2-6,17-21,23H,7-15H2,1H3,(H,26,28). The third-order valence-electron chi connectivity index (χ3n) is 7.49. The molecule has 1 amide bonds. The number of hydrogen-bond donors (Lipinski definition) is 1. The number of hydrogen-bond acceptors (Lipinski definition) is 4. The Labute approximate surface area is 184 Å². The van der Waals surface area contributed by atoms with Crippen molar-refractivity contribution < 1.29 is 14.3 Å². The molecule has 3 aliphatic rings. The molecule has 5 nitrogen and oxygen atoms in total. The van der Waals surface area contributed by atoms with E-state index >= 15 is 0 Å². The van der Waals surface area contributed by atoms with Crippen LogP contribution in [-0.2, 0) is 14.3 Å². The molecule has 0 spiro atoms. The number of nitrogens with one attached hydrogen (secondary N) is 1. The van der Waals surface area contributed by atoms with E-state index in [4.69, 9.17) is 16.3 Å². The molecule has 4 rings (SSSR count). The average Bonchev–Trinajstić information content (AvgIpc) is 3.11. The summed E-state index contributed by atoms with van der Waals surface area (Å²) in [6.45, 7) is 2.25. The molecular formula is C24H33ClN2O3. The van der Waals surface area contributed by atoms with E-state index < -0.39 is 0 Å². The Kier molecular flexibility index (Phi) is 6.99. The third-order valence-corrected chi connectivity index (χ3v) is 7.89. The number of carbonyl (C=O) groups excluding carboxylic acids is 2. The number of likely N-dealkylation sites (tertiary alicyclic amines) is 1. The summed E-state index contributed by atoms with van der Waals surface area (Å²) in [5.74, 6) is 0.871. The number of carbonyl (C=O) groups is 2. The fourth-order valence-corrected chi connectivity index (χ4v) is 6.24. The van der Waals surface area contributed by atoms with Gasteiger partial charge in [-0.1, -0.05) is 30.3 Å². The highest BCUT2D eigenvalue weighted by Gasteiger charge is 2.49. The predicted octanol–water partition coefficient (Wildman–Crippen LogP) is 3.57. The van der Waals surface area contributed by atoms with E-state index in [0.29, 0.717) is 18.4 Å². The summed E-state index contributed by atoms with van der Waals surface area (Å²) < 4.78 is 5.05. The van der Waals surface area contributed by atoms with Gasteiger partial charge < -0.3 is 10.1 Å². The number of benzene rings is 1. The molecule has 0 radical (unpaired) electrons. The van der Waals surface area contributed by atoms with E-state index in [9.17, 15) is 9.59 Å². The van der Waals surface area contributed by atoms with Gasteiger partial charge in [0.15, 0.2) is 0 Å². The first-order chi connectivity index (χ1) is 14.5. The number of esters is 1. The smallest absolute Gasteiger partial charge is 0.310 e. The van der Waals surface area contributed by atoms with E-state index in [1.807, 2.05) is 0 Å². The van der Waals surface area contributed by atoms with Gasteiger partial charge in [0.1, 0.15) is 0 Å². The number of fused-ring (bicyclic) bond motifs is 1. The minimum absolute atomic E-state index is 0.0180. The van der Waals surface area contributed by atoms with Gasteiger partial charge in [0.05, 0.1) is 19.6 Å². The van der Waals surface area contributed by atoms with Gasteiger partial charge in [0.25, 0.3) is 0 Å². The Morgan fingerprint density at radius 3 is 2.53 bits per heavy atom. The normalized spacial score (nSPS) is 32.4. The lowest BCUT2D eigenvalue weighted by atomic mass is 9.80. The van der Waals surface area contributed by atoms with Crippen molar-refractivity contribution in [3.05, 3.63) is 35.9 Å². The van der Waals surface area contributed by atoms with E-state index in [2.05, 4.69) is 40.5 Å². The second kappa shape index (κ2) is 9.69. The number of nitrogens with zero attached hydrogens (tertiary/aromatic N) is 1. The quantitative estimate of drug-likeness (QED) is 0.570. The molecule has 2 saturated carbocycles. The van der Waals surface area contributed by atoms with Crippen LogP contribution in [0.4, 0.5) is 0 Å².